The Morgan fingerprint density at radius 1 is 1.29 bits per heavy atom. The number of amides is 1. The second-order valence-electron chi connectivity index (χ2n) is 7.02. The first kappa shape index (κ1) is 18.5. The van der Waals surface area contributed by atoms with E-state index >= 15 is 0 Å². The van der Waals surface area contributed by atoms with Gasteiger partial charge in [-0.2, -0.15) is 0 Å². The predicted molar refractivity (Wildman–Crippen MR) is 115 cm³/mol. The van der Waals surface area contributed by atoms with E-state index in [9.17, 15) is 4.79 Å². The van der Waals surface area contributed by atoms with E-state index in [0.717, 1.165) is 40.4 Å². The summed E-state index contributed by atoms with van der Waals surface area (Å²) < 4.78 is 5.22. The average molecular weight is 394 g/mol. The van der Waals surface area contributed by atoms with Crippen molar-refractivity contribution in [2.75, 3.05) is 30.9 Å². The number of hydrogen-bond donors (Lipinski definition) is 1. The summed E-state index contributed by atoms with van der Waals surface area (Å²) in [5.74, 6) is 0.670. The molecule has 2 heterocycles. The summed E-state index contributed by atoms with van der Waals surface area (Å²) in [5, 5.41) is 3.57. The topological polar surface area (TPSA) is 54.5 Å². The number of aryl methyl sites for hydroxylation is 1. The van der Waals surface area contributed by atoms with Gasteiger partial charge in [0.1, 0.15) is 5.75 Å². The SMILES string of the molecule is COc1cccc(CC(=O)Nc2nc(-c3ccc4c(c3)CCN4C)c(C)s2)c1. The lowest BCUT2D eigenvalue weighted by molar-refractivity contribution is -0.115. The molecule has 1 amide bonds. The summed E-state index contributed by atoms with van der Waals surface area (Å²) in [6.45, 7) is 3.10. The van der Waals surface area contributed by atoms with Crippen LogP contribution in [0.4, 0.5) is 10.8 Å². The summed E-state index contributed by atoms with van der Waals surface area (Å²) in [6.07, 6.45) is 1.35. The number of benzene rings is 2. The van der Waals surface area contributed by atoms with Crippen LogP contribution < -0.4 is 15.0 Å². The molecule has 144 valence electrons. The molecule has 1 aliphatic heterocycles. The maximum absolute atomic E-state index is 12.4. The monoisotopic (exact) mass is 393 g/mol. The highest BCUT2D eigenvalue weighted by Crippen LogP contribution is 2.35. The zero-order valence-electron chi connectivity index (χ0n) is 16.3. The first-order valence-corrected chi connectivity index (χ1v) is 10.1. The van der Waals surface area contributed by atoms with E-state index in [4.69, 9.17) is 4.74 Å². The Labute approximate surface area is 169 Å². The zero-order chi connectivity index (χ0) is 19.7. The summed E-state index contributed by atoms with van der Waals surface area (Å²) in [6, 6.07) is 14.1. The van der Waals surface area contributed by atoms with E-state index in [1.807, 2.05) is 31.2 Å². The number of ether oxygens (including phenoxy) is 1. The molecule has 1 N–H and O–H groups in total. The fourth-order valence-corrected chi connectivity index (χ4v) is 4.42. The maximum Gasteiger partial charge on any atom is 0.230 e. The smallest absolute Gasteiger partial charge is 0.230 e. The van der Waals surface area contributed by atoms with Crippen LogP contribution in [0.1, 0.15) is 16.0 Å². The summed E-state index contributed by atoms with van der Waals surface area (Å²) in [7, 11) is 3.74. The minimum Gasteiger partial charge on any atom is -0.497 e. The predicted octanol–water partition coefficient (Wildman–Crippen LogP) is 4.30. The fourth-order valence-electron chi connectivity index (χ4n) is 3.56. The van der Waals surface area contributed by atoms with Crippen LogP contribution in [-0.2, 0) is 17.6 Å². The molecular formula is C22H23N3O2S. The highest BCUT2D eigenvalue weighted by molar-refractivity contribution is 7.16. The number of hydrogen-bond acceptors (Lipinski definition) is 5. The lowest BCUT2D eigenvalue weighted by Crippen LogP contribution is -2.14. The third-order valence-corrected chi connectivity index (χ3v) is 5.91. The number of nitrogens with zero attached hydrogens (tertiary/aromatic N) is 2. The molecule has 0 fully saturated rings. The van der Waals surface area contributed by atoms with Crippen molar-refractivity contribution >= 4 is 28.1 Å². The van der Waals surface area contributed by atoms with Gasteiger partial charge < -0.3 is 15.0 Å². The minimum atomic E-state index is -0.0795. The Morgan fingerprint density at radius 3 is 2.96 bits per heavy atom. The van der Waals surface area contributed by atoms with Crippen molar-refractivity contribution in [3.05, 3.63) is 58.5 Å². The molecule has 4 rings (SSSR count). The van der Waals surface area contributed by atoms with Gasteiger partial charge in [-0.1, -0.05) is 18.2 Å². The summed E-state index contributed by atoms with van der Waals surface area (Å²) in [5.41, 5.74) is 5.61. The summed E-state index contributed by atoms with van der Waals surface area (Å²) >= 11 is 1.51. The van der Waals surface area contributed by atoms with Crippen LogP contribution in [0.25, 0.3) is 11.3 Å². The molecule has 0 aliphatic carbocycles. The Kier molecular flexibility index (Phi) is 5.05. The van der Waals surface area contributed by atoms with Crippen molar-refractivity contribution in [1.29, 1.82) is 0 Å². The molecule has 0 atom stereocenters. The number of fused-ring (bicyclic) bond motifs is 1. The van der Waals surface area contributed by atoms with Crippen LogP contribution >= 0.6 is 11.3 Å². The van der Waals surface area contributed by atoms with E-state index in [1.165, 1.54) is 22.6 Å². The van der Waals surface area contributed by atoms with Gasteiger partial charge in [0.25, 0.3) is 0 Å². The number of aromatic nitrogens is 1. The van der Waals surface area contributed by atoms with Gasteiger partial charge in [0.2, 0.25) is 5.91 Å². The number of nitrogens with one attached hydrogen (secondary N) is 1. The number of rotatable bonds is 5. The van der Waals surface area contributed by atoms with Gasteiger partial charge in [-0.05, 0) is 48.7 Å². The Bertz CT molecular complexity index is 1030. The molecule has 0 radical (unpaired) electrons. The number of likely N-dealkylation sites (N-methyl/N-ethyl adjacent to an activating group) is 1. The van der Waals surface area contributed by atoms with Crippen molar-refractivity contribution in [3.63, 3.8) is 0 Å². The lowest BCUT2D eigenvalue weighted by Gasteiger charge is -2.11. The molecule has 0 unspecified atom stereocenters. The van der Waals surface area contributed by atoms with E-state index in [2.05, 4.69) is 40.4 Å². The molecule has 0 spiro atoms. The Balaban J connectivity index is 1.49. The van der Waals surface area contributed by atoms with Gasteiger partial charge in [-0.25, -0.2) is 4.98 Å². The zero-order valence-corrected chi connectivity index (χ0v) is 17.1. The fraction of sp³-hybridized carbons (Fsp3) is 0.273. The van der Waals surface area contributed by atoms with Gasteiger partial charge in [0, 0.05) is 29.7 Å². The third kappa shape index (κ3) is 3.73. The first-order valence-electron chi connectivity index (χ1n) is 9.28. The highest BCUT2D eigenvalue weighted by atomic mass is 32.1. The molecular weight excluding hydrogens is 370 g/mol. The van der Waals surface area contributed by atoms with Gasteiger partial charge in [-0.15, -0.1) is 11.3 Å². The number of methoxy groups -OCH3 is 1. The van der Waals surface area contributed by atoms with Gasteiger partial charge in [0.15, 0.2) is 5.13 Å². The van der Waals surface area contributed by atoms with Crippen LogP contribution in [0.3, 0.4) is 0 Å². The van der Waals surface area contributed by atoms with Crippen LogP contribution in [0.2, 0.25) is 0 Å². The molecule has 5 nitrogen and oxygen atoms in total. The van der Waals surface area contributed by atoms with Crippen LogP contribution in [0.5, 0.6) is 5.75 Å². The highest BCUT2D eigenvalue weighted by Gasteiger charge is 2.18. The number of thiazole rings is 1. The average Bonchev–Trinajstić information content (AvgIpc) is 3.24. The molecule has 1 aromatic heterocycles. The van der Waals surface area contributed by atoms with E-state index in [0.29, 0.717) is 5.13 Å². The Hall–Kier alpha value is -2.86. The molecule has 3 aromatic rings. The maximum atomic E-state index is 12.4. The minimum absolute atomic E-state index is 0.0795. The van der Waals surface area contributed by atoms with E-state index in [1.54, 1.807) is 7.11 Å². The molecule has 2 aromatic carbocycles. The van der Waals surface area contributed by atoms with Crippen molar-refractivity contribution in [2.45, 2.75) is 19.8 Å². The first-order chi connectivity index (χ1) is 13.5. The van der Waals surface area contributed by atoms with Crippen LogP contribution in [0.15, 0.2) is 42.5 Å². The van der Waals surface area contributed by atoms with Gasteiger partial charge in [-0.3, -0.25) is 4.79 Å². The lowest BCUT2D eigenvalue weighted by atomic mass is 10.1. The van der Waals surface area contributed by atoms with Crippen molar-refractivity contribution in [1.82, 2.24) is 4.98 Å². The molecule has 0 saturated heterocycles. The molecule has 0 saturated carbocycles. The number of anilines is 2. The summed E-state index contributed by atoms with van der Waals surface area (Å²) in [4.78, 5) is 20.5. The van der Waals surface area contributed by atoms with E-state index < -0.39 is 0 Å². The van der Waals surface area contributed by atoms with Gasteiger partial charge >= 0.3 is 0 Å². The van der Waals surface area contributed by atoms with Crippen molar-refractivity contribution in [3.8, 4) is 17.0 Å². The molecule has 0 bridgehead atoms. The van der Waals surface area contributed by atoms with Crippen molar-refractivity contribution < 1.29 is 9.53 Å². The number of carbonyl (C=O) groups is 1. The second-order valence-corrected chi connectivity index (χ2v) is 8.22. The largest absolute Gasteiger partial charge is 0.497 e. The molecule has 1 aliphatic rings. The van der Waals surface area contributed by atoms with Gasteiger partial charge in [0.05, 0.1) is 19.2 Å². The quantitative estimate of drug-likeness (QED) is 0.702. The Morgan fingerprint density at radius 2 is 2.14 bits per heavy atom. The molecule has 28 heavy (non-hydrogen) atoms. The molecule has 6 heteroatoms. The second kappa shape index (κ2) is 7.64. The standard InChI is InChI=1S/C22H23N3O2S/c1-14-21(17-7-8-19-16(13-17)9-10-25(19)2)24-22(28-14)23-20(26)12-15-5-4-6-18(11-15)27-3/h4-8,11,13H,9-10,12H2,1-3H3,(H,23,24,26). The van der Waals surface area contributed by atoms with Crippen LogP contribution in [0, 0.1) is 6.92 Å². The normalized spacial score (nSPS) is 12.8. The third-order valence-electron chi connectivity index (χ3n) is 5.02. The van der Waals surface area contributed by atoms with Crippen LogP contribution in [-0.4, -0.2) is 31.6 Å². The van der Waals surface area contributed by atoms with E-state index in [-0.39, 0.29) is 12.3 Å². The van der Waals surface area contributed by atoms with Crippen molar-refractivity contribution in [2.24, 2.45) is 0 Å². The number of carbonyl (C=O) groups excluding carboxylic acids is 1.